The fraction of sp³-hybridized carbons (Fsp3) is 0.429. The molecule has 2 aromatic heterocycles. The molecule has 1 saturated heterocycles. The maximum absolute atomic E-state index is 5.31. The van der Waals surface area contributed by atoms with Crippen molar-refractivity contribution < 1.29 is 4.74 Å². The number of rotatable bonds is 5. The number of hydrogen-bond acceptors (Lipinski definition) is 6. The van der Waals surface area contributed by atoms with Gasteiger partial charge in [0, 0.05) is 50.3 Å². The van der Waals surface area contributed by atoms with Crippen molar-refractivity contribution in [2.45, 2.75) is 26.5 Å². The van der Waals surface area contributed by atoms with Gasteiger partial charge in [-0.25, -0.2) is 9.97 Å². The lowest BCUT2D eigenvalue weighted by Gasteiger charge is -2.37. The number of thiophene rings is 1. The predicted molar refractivity (Wildman–Crippen MR) is 112 cm³/mol. The van der Waals surface area contributed by atoms with E-state index in [0.717, 1.165) is 42.7 Å². The van der Waals surface area contributed by atoms with Crippen LogP contribution in [0.4, 0.5) is 5.82 Å². The fourth-order valence-electron chi connectivity index (χ4n) is 3.67. The molecule has 0 unspecified atom stereocenters. The van der Waals surface area contributed by atoms with E-state index >= 15 is 0 Å². The van der Waals surface area contributed by atoms with Gasteiger partial charge in [0.05, 0.1) is 5.39 Å². The molecule has 0 N–H and O–H groups in total. The van der Waals surface area contributed by atoms with Gasteiger partial charge in [0.2, 0.25) is 0 Å². The summed E-state index contributed by atoms with van der Waals surface area (Å²) >= 11 is 1.69. The van der Waals surface area contributed by atoms with Gasteiger partial charge < -0.3 is 9.64 Å². The van der Waals surface area contributed by atoms with E-state index in [2.05, 4.69) is 59.4 Å². The third-order valence-corrected chi connectivity index (χ3v) is 6.04. The van der Waals surface area contributed by atoms with Gasteiger partial charge in [0.25, 0.3) is 0 Å². The van der Waals surface area contributed by atoms with E-state index in [0.29, 0.717) is 12.6 Å². The SMILES string of the molecule is COCc1nc(N2CCN(C(C)C)CC2)c2c(-c3ccccc3)csc2n1. The monoisotopic (exact) mass is 382 g/mol. The Bertz CT molecular complexity index is 901. The quantitative estimate of drug-likeness (QED) is 0.666. The Hall–Kier alpha value is -2.02. The second kappa shape index (κ2) is 7.92. The van der Waals surface area contributed by atoms with Crippen molar-refractivity contribution in [2.75, 3.05) is 38.2 Å². The van der Waals surface area contributed by atoms with Crippen LogP contribution < -0.4 is 4.90 Å². The van der Waals surface area contributed by atoms with Gasteiger partial charge in [-0.1, -0.05) is 30.3 Å². The first kappa shape index (κ1) is 18.3. The van der Waals surface area contributed by atoms with Crippen molar-refractivity contribution in [2.24, 2.45) is 0 Å². The van der Waals surface area contributed by atoms with Crippen LogP contribution in [0.1, 0.15) is 19.7 Å². The minimum absolute atomic E-state index is 0.438. The number of anilines is 1. The first-order chi connectivity index (χ1) is 13.2. The summed E-state index contributed by atoms with van der Waals surface area (Å²) in [6.45, 7) is 9.07. The van der Waals surface area contributed by atoms with Gasteiger partial charge >= 0.3 is 0 Å². The normalized spacial score (nSPS) is 15.8. The molecule has 1 aliphatic heterocycles. The average Bonchev–Trinajstić information content (AvgIpc) is 3.12. The van der Waals surface area contributed by atoms with Crippen LogP contribution in [0.2, 0.25) is 0 Å². The summed E-state index contributed by atoms with van der Waals surface area (Å²) in [5.41, 5.74) is 2.44. The minimum atomic E-state index is 0.438. The molecule has 6 heteroatoms. The second-order valence-corrected chi connectivity index (χ2v) is 8.07. The first-order valence-electron chi connectivity index (χ1n) is 9.49. The highest BCUT2D eigenvalue weighted by Gasteiger charge is 2.24. The molecule has 0 amide bonds. The van der Waals surface area contributed by atoms with Gasteiger partial charge in [-0.2, -0.15) is 0 Å². The number of methoxy groups -OCH3 is 1. The van der Waals surface area contributed by atoms with Crippen LogP contribution in [0, 0.1) is 0 Å². The smallest absolute Gasteiger partial charge is 0.158 e. The Morgan fingerprint density at radius 3 is 2.48 bits per heavy atom. The zero-order valence-corrected chi connectivity index (χ0v) is 17.0. The standard InChI is InChI=1S/C21H26N4OS/c1-15(2)24-9-11-25(12-10-24)20-19-17(16-7-5-4-6-8-16)14-27-21(19)23-18(22-20)13-26-3/h4-8,14-15H,9-13H2,1-3H3. The highest BCUT2D eigenvalue weighted by Crippen LogP contribution is 2.38. The van der Waals surface area contributed by atoms with Crippen molar-refractivity contribution in [1.29, 1.82) is 0 Å². The van der Waals surface area contributed by atoms with Crippen LogP contribution >= 0.6 is 11.3 Å². The van der Waals surface area contributed by atoms with Gasteiger partial charge in [0.1, 0.15) is 17.3 Å². The molecule has 0 aliphatic carbocycles. The number of fused-ring (bicyclic) bond motifs is 1. The number of nitrogens with zero attached hydrogens (tertiary/aromatic N) is 4. The van der Waals surface area contributed by atoms with E-state index in [9.17, 15) is 0 Å². The maximum atomic E-state index is 5.31. The minimum Gasteiger partial charge on any atom is -0.377 e. The molecule has 4 rings (SSSR count). The number of piperazine rings is 1. The summed E-state index contributed by atoms with van der Waals surface area (Å²) < 4.78 is 5.31. The van der Waals surface area contributed by atoms with Crippen molar-refractivity contribution in [3.8, 4) is 11.1 Å². The summed E-state index contributed by atoms with van der Waals surface area (Å²) in [7, 11) is 1.69. The Labute approximate surface area is 164 Å². The lowest BCUT2D eigenvalue weighted by atomic mass is 10.1. The molecule has 1 aliphatic rings. The fourth-order valence-corrected chi connectivity index (χ4v) is 4.63. The lowest BCUT2D eigenvalue weighted by molar-refractivity contribution is 0.178. The molecular weight excluding hydrogens is 356 g/mol. The van der Waals surface area contributed by atoms with Crippen LogP contribution in [0.3, 0.4) is 0 Å². The number of benzene rings is 1. The largest absolute Gasteiger partial charge is 0.377 e. The summed E-state index contributed by atoms with van der Waals surface area (Å²) in [4.78, 5) is 15.7. The van der Waals surface area contributed by atoms with Crippen LogP contribution in [0.25, 0.3) is 21.3 Å². The molecule has 0 atom stereocenters. The van der Waals surface area contributed by atoms with E-state index in [4.69, 9.17) is 14.7 Å². The molecule has 0 radical (unpaired) electrons. The average molecular weight is 383 g/mol. The third-order valence-electron chi connectivity index (χ3n) is 5.16. The topological polar surface area (TPSA) is 41.5 Å². The summed E-state index contributed by atoms with van der Waals surface area (Å²) in [5.74, 6) is 1.81. The van der Waals surface area contributed by atoms with Crippen LogP contribution in [-0.4, -0.2) is 54.2 Å². The van der Waals surface area contributed by atoms with Crippen molar-refractivity contribution >= 4 is 27.4 Å². The molecule has 1 aromatic carbocycles. The van der Waals surface area contributed by atoms with Crippen LogP contribution in [0.5, 0.6) is 0 Å². The van der Waals surface area contributed by atoms with E-state index in [-0.39, 0.29) is 0 Å². The Kier molecular flexibility index (Phi) is 5.38. The molecular formula is C21H26N4OS. The van der Waals surface area contributed by atoms with E-state index < -0.39 is 0 Å². The van der Waals surface area contributed by atoms with E-state index in [1.807, 2.05) is 0 Å². The highest BCUT2D eigenvalue weighted by atomic mass is 32.1. The Morgan fingerprint density at radius 2 is 1.81 bits per heavy atom. The molecule has 27 heavy (non-hydrogen) atoms. The molecule has 0 saturated carbocycles. The summed E-state index contributed by atoms with van der Waals surface area (Å²) in [6.07, 6.45) is 0. The van der Waals surface area contributed by atoms with Gasteiger partial charge in [0.15, 0.2) is 5.82 Å². The Morgan fingerprint density at radius 1 is 1.07 bits per heavy atom. The van der Waals surface area contributed by atoms with Crippen molar-refractivity contribution in [3.63, 3.8) is 0 Å². The zero-order chi connectivity index (χ0) is 18.8. The highest BCUT2D eigenvalue weighted by molar-refractivity contribution is 7.17. The third kappa shape index (κ3) is 3.70. The van der Waals surface area contributed by atoms with Crippen molar-refractivity contribution in [1.82, 2.24) is 14.9 Å². The molecule has 142 valence electrons. The maximum Gasteiger partial charge on any atom is 0.158 e. The molecule has 3 aromatic rings. The van der Waals surface area contributed by atoms with Gasteiger partial charge in [-0.05, 0) is 19.4 Å². The number of aromatic nitrogens is 2. The van der Waals surface area contributed by atoms with Crippen LogP contribution in [0.15, 0.2) is 35.7 Å². The predicted octanol–water partition coefficient (Wildman–Crippen LogP) is 4.04. The van der Waals surface area contributed by atoms with E-state index in [1.165, 1.54) is 16.5 Å². The van der Waals surface area contributed by atoms with E-state index in [1.54, 1.807) is 18.4 Å². The molecule has 0 spiro atoms. The Balaban J connectivity index is 1.78. The van der Waals surface area contributed by atoms with Crippen molar-refractivity contribution in [3.05, 3.63) is 41.5 Å². The summed E-state index contributed by atoms with van der Waals surface area (Å²) in [5, 5.41) is 3.38. The number of ether oxygens (including phenoxy) is 1. The van der Waals surface area contributed by atoms with Gasteiger partial charge in [-0.3, -0.25) is 4.90 Å². The van der Waals surface area contributed by atoms with Gasteiger partial charge in [-0.15, -0.1) is 11.3 Å². The zero-order valence-electron chi connectivity index (χ0n) is 16.2. The molecule has 5 nitrogen and oxygen atoms in total. The van der Waals surface area contributed by atoms with Crippen LogP contribution in [-0.2, 0) is 11.3 Å². The lowest BCUT2D eigenvalue weighted by Crippen LogP contribution is -2.49. The number of hydrogen-bond donors (Lipinski definition) is 0. The molecule has 1 fully saturated rings. The molecule has 0 bridgehead atoms. The molecule has 3 heterocycles. The summed E-state index contributed by atoms with van der Waals surface area (Å²) in [6, 6.07) is 11.1. The first-order valence-corrected chi connectivity index (χ1v) is 10.4. The second-order valence-electron chi connectivity index (χ2n) is 7.21.